The van der Waals surface area contributed by atoms with Crippen molar-refractivity contribution in [2.45, 2.75) is 32.4 Å². The zero-order chi connectivity index (χ0) is 13.8. The van der Waals surface area contributed by atoms with Gasteiger partial charge in [-0.15, -0.1) is 0 Å². The number of nitrogens with zero attached hydrogens (tertiary/aromatic N) is 1. The van der Waals surface area contributed by atoms with Crippen LogP contribution in [0.1, 0.15) is 25.3 Å². The lowest BCUT2D eigenvalue weighted by Crippen LogP contribution is -2.43. The van der Waals surface area contributed by atoms with Crippen LogP contribution in [0.2, 0.25) is 5.02 Å². The van der Waals surface area contributed by atoms with Gasteiger partial charge >= 0.3 is 0 Å². The quantitative estimate of drug-likeness (QED) is 0.922. The summed E-state index contributed by atoms with van der Waals surface area (Å²) in [6, 6.07) is 4.27. The Labute approximate surface area is 117 Å². The van der Waals surface area contributed by atoms with Gasteiger partial charge in [0, 0.05) is 30.2 Å². The van der Waals surface area contributed by atoms with E-state index in [0.717, 1.165) is 25.9 Å². The van der Waals surface area contributed by atoms with Gasteiger partial charge in [-0.3, -0.25) is 4.79 Å². The van der Waals surface area contributed by atoms with E-state index in [1.165, 1.54) is 6.07 Å². The van der Waals surface area contributed by atoms with Gasteiger partial charge in [0.05, 0.1) is 6.04 Å². The molecule has 1 fully saturated rings. The first-order valence-corrected chi connectivity index (χ1v) is 6.92. The number of benzene rings is 1. The van der Waals surface area contributed by atoms with Gasteiger partial charge in [0.1, 0.15) is 5.82 Å². The topological polar surface area (TPSA) is 32.3 Å². The average Bonchev–Trinajstić information content (AvgIpc) is 2.90. The Morgan fingerprint density at radius 2 is 2.16 bits per heavy atom. The highest BCUT2D eigenvalue weighted by Crippen LogP contribution is 2.15. The fourth-order valence-electron chi connectivity index (χ4n) is 2.23. The molecular formula is C14H18ClFN2O. The van der Waals surface area contributed by atoms with Gasteiger partial charge in [-0.2, -0.15) is 0 Å². The van der Waals surface area contributed by atoms with Crippen LogP contribution in [0.15, 0.2) is 18.2 Å². The summed E-state index contributed by atoms with van der Waals surface area (Å²) in [5.41, 5.74) is 0.519. The monoisotopic (exact) mass is 284 g/mol. The van der Waals surface area contributed by atoms with E-state index in [9.17, 15) is 9.18 Å². The summed E-state index contributed by atoms with van der Waals surface area (Å²) >= 11 is 5.70. The molecule has 0 aliphatic carbocycles. The van der Waals surface area contributed by atoms with Crippen molar-refractivity contribution in [2.75, 3.05) is 13.1 Å². The summed E-state index contributed by atoms with van der Waals surface area (Å²) in [6.07, 6.45) is 2.15. The minimum absolute atomic E-state index is 0.0897. The largest absolute Gasteiger partial charge is 0.341 e. The molecule has 5 heteroatoms. The standard InChI is InChI=1S/C14H18ClFN2O/c1-10(14(19)18-6-2-3-7-18)17-9-11-4-5-12(15)8-13(11)16/h4-5,8,10,17H,2-3,6-7,9H2,1H3. The molecule has 1 heterocycles. The molecule has 1 aromatic rings. The van der Waals surface area contributed by atoms with Gasteiger partial charge in [0.2, 0.25) is 5.91 Å². The van der Waals surface area contributed by atoms with Gasteiger partial charge in [0.15, 0.2) is 0 Å². The zero-order valence-corrected chi connectivity index (χ0v) is 11.7. The molecule has 0 radical (unpaired) electrons. The van der Waals surface area contributed by atoms with Crippen LogP contribution in [0.4, 0.5) is 4.39 Å². The van der Waals surface area contributed by atoms with Crippen molar-refractivity contribution in [1.82, 2.24) is 10.2 Å². The van der Waals surface area contributed by atoms with Gasteiger partial charge in [-0.1, -0.05) is 17.7 Å². The van der Waals surface area contributed by atoms with Crippen molar-refractivity contribution in [3.63, 3.8) is 0 Å². The van der Waals surface area contributed by atoms with Crippen LogP contribution in [0.25, 0.3) is 0 Å². The first kappa shape index (κ1) is 14.3. The lowest BCUT2D eigenvalue weighted by molar-refractivity contribution is -0.131. The third-order valence-corrected chi connectivity index (χ3v) is 3.64. The predicted octanol–water partition coefficient (Wildman–Crippen LogP) is 2.58. The zero-order valence-electron chi connectivity index (χ0n) is 11.0. The van der Waals surface area contributed by atoms with E-state index in [2.05, 4.69) is 5.32 Å². The molecule has 1 aromatic carbocycles. The summed E-state index contributed by atoms with van der Waals surface area (Å²) in [5.74, 6) is -0.257. The van der Waals surface area contributed by atoms with E-state index < -0.39 is 0 Å². The van der Waals surface area contributed by atoms with Crippen LogP contribution in [0, 0.1) is 5.82 Å². The highest BCUT2D eigenvalue weighted by atomic mass is 35.5. The van der Waals surface area contributed by atoms with Crippen LogP contribution in [-0.4, -0.2) is 29.9 Å². The molecule has 1 aliphatic rings. The van der Waals surface area contributed by atoms with Crippen LogP contribution in [-0.2, 0) is 11.3 Å². The molecule has 19 heavy (non-hydrogen) atoms. The van der Waals surface area contributed by atoms with Crippen LogP contribution < -0.4 is 5.32 Å². The molecule has 2 rings (SSSR count). The second-order valence-electron chi connectivity index (χ2n) is 4.87. The summed E-state index contributed by atoms with van der Waals surface area (Å²) < 4.78 is 13.6. The highest BCUT2D eigenvalue weighted by Gasteiger charge is 2.22. The summed E-state index contributed by atoms with van der Waals surface area (Å²) in [6.45, 7) is 3.80. The molecule has 0 aromatic heterocycles. The van der Waals surface area contributed by atoms with E-state index in [1.54, 1.807) is 12.1 Å². The van der Waals surface area contributed by atoms with E-state index in [1.807, 2.05) is 11.8 Å². The lowest BCUT2D eigenvalue weighted by Gasteiger charge is -2.21. The predicted molar refractivity (Wildman–Crippen MR) is 73.5 cm³/mol. The molecule has 0 bridgehead atoms. The maximum atomic E-state index is 13.6. The van der Waals surface area contributed by atoms with Crippen molar-refractivity contribution in [2.24, 2.45) is 0 Å². The minimum atomic E-state index is -0.346. The third-order valence-electron chi connectivity index (χ3n) is 3.40. The Kier molecular flexibility index (Phi) is 4.77. The van der Waals surface area contributed by atoms with E-state index in [0.29, 0.717) is 17.1 Å². The Hall–Kier alpha value is -1.13. The second-order valence-corrected chi connectivity index (χ2v) is 5.31. The van der Waals surface area contributed by atoms with Gasteiger partial charge in [-0.25, -0.2) is 4.39 Å². The van der Waals surface area contributed by atoms with E-state index >= 15 is 0 Å². The molecule has 1 atom stereocenters. The van der Waals surface area contributed by atoms with Crippen molar-refractivity contribution in [1.29, 1.82) is 0 Å². The Bertz CT molecular complexity index is 461. The molecular weight excluding hydrogens is 267 g/mol. The maximum absolute atomic E-state index is 13.6. The molecule has 1 N–H and O–H groups in total. The number of hydrogen-bond donors (Lipinski definition) is 1. The number of halogens is 2. The molecule has 0 saturated carbocycles. The maximum Gasteiger partial charge on any atom is 0.239 e. The molecule has 0 spiro atoms. The van der Waals surface area contributed by atoms with Crippen molar-refractivity contribution < 1.29 is 9.18 Å². The first-order chi connectivity index (χ1) is 9.08. The first-order valence-electron chi connectivity index (χ1n) is 6.54. The van der Waals surface area contributed by atoms with Gasteiger partial charge < -0.3 is 10.2 Å². The van der Waals surface area contributed by atoms with Crippen molar-refractivity contribution in [3.05, 3.63) is 34.6 Å². The van der Waals surface area contributed by atoms with Crippen molar-refractivity contribution >= 4 is 17.5 Å². The summed E-state index contributed by atoms with van der Waals surface area (Å²) in [5, 5.41) is 3.44. The number of hydrogen-bond acceptors (Lipinski definition) is 2. The molecule has 1 saturated heterocycles. The van der Waals surface area contributed by atoms with E-state index in [4.69, 9.17) is 11.6 Å². The number of nitrogens with one attached hydrogen (secondary N) is 1. The summed E-state index contributed by atoms with van der Waals surface area (Å²) in [7, 11) is 0. The average molecular weight is 285 g/mol. The molecule has 1 aliphatic heterocycles. The normalized spacial score (nSPS) is 16.7. The fraction of sp³-hybridized carbons (Fsp3) is 0.500. The fourth-order valence-corrected chi connectivity index (χ4v) is 2.39. The molecule has 1 unspecified atom stereocenters. The molecule has 3 nitrogen and oxygen atoms in total. The Morgan fingerprint density at radius 3 is 2.79 bits per heavy atom. The molecule has 104 valence electrons. The van der Waals surface area contributed by atoms with Crippen LogP contribution in [0.5, 0.6) is 0 Å². The van der Waals surface area contributed by atoms with Gasteiger partial charge in [0.25, 0.3) is 0 Å². The SMILES string of the molecule is CC(NCc1ccc(Cl)cc1F)C(=O)N1CCCC1. The summed E-state index contributed by atoms with van der Waals surface area (Å²) in [4.78, 5) is 13.9. The second kappa shape index (κ2) is 6.35. The van der Waals surface area contributed by atoms with Crippen molar-refractivity contribution in [3.8, 4) is 0 Å². The number of rotatable bonds is 4. The Morgan fingerprint density at radius 1 is 1.47 bits per heavy atom. The molecule has 1 amide bonds. The van der Waals surface area contributed by atoms with E-state index in [-0.39, 0.29) is 17.8 Å². The number of amides is 1. The van der Waals surface area contributed by atoms with Crippen LogP contribution >= 0.6 is 11.6 Å². The highest BCUT2D eigenvalue weighted by molar-refractivity contribution is 6.30. The lowest BCUT2D eigenvalue weighted by atomic mass is 10.2. The van der Waals surface area contributed by atoms with Gasteiger partial charge in [-0.05, 0) is 31.9 Å². The number of likely N-dealkylation sites (tertiary alicyclic amines) is 1. The number of carbonyl (C=O) groups excluding carboxylic acids is 1. The smallest absolute Gasteiger partial charge is 0.239 e. The van der Waals surface area contributed by atoms with Crippen LogP contribution in [0.3, 0.4) is 0 Å². The third kappa shape index (κ3) is 3.67. The Balaban J connectivity index is 1.88. The minimum Gasteiger partial charge on any atom is -0.341 e. The number of carbonyl (C=O) groups is 1.